The first-order valence-corrected chi connectivity index (χ1v) is 13.5. The fraction of sp³-hybridized carbons (Fsp3) is 0.500. The van der Waals surface area contributed by atoms with Gasteiger partial charge in [0.1, 0.15) is 0 Å². The van der Waals surface area contributed by atoms with Crippen molar-refractivity contribution in [3.8, 4) is 23.0 Å². The molecule has 2 aromatic carbocycles. The Morgan fingerprint density at radius 3 is 1.84 bits per heavy atom. The number of hydrogen-bond acceptors (Lipinski definition) is 3. The molecule has 2 aromatic rings. The molecule has 0 amide bonds. The van der Waals surface area contributed by atoms with Crippen molar-refractivity contribution >= 4 is 25.0 Å². The van der Waals surface area contributed by atoms with Gasteiger partial charge in [0.2, 0.25) is 0 Å². The Bertz CT molecular complexity index is 1310. The number of benzene rings is 2. The first-order valence-electron chi connectivity index (χ1n) is 13.5. The Kier molecular flexibility index (Phi) is 5.97. The molecule has 0 radical (unpaired) electrons. The van der Waals surface area contributed by atoms with Gasteiger partial charge in [0.15, 0.2) is 0 Å². The summed E-state index contributed by atoms with van der Waals surface area (Å²) in [6.45, 7) is 23.7. The van der Waals surface area contributed by atoms with Crippen LogP contribution in [0.1, 0.15) is 79.9 Å². The Hall–Kier alpha value is -2.25. The summed E-state index contributed by atoms with van der Waals surface area (Å²) >= 11 is 0. The van der Waals surface area contributed by atoms with Crippen molar-refractivity contribution in [2.24, 2.45) is 5.41 Å². The summed E-state index contributed by atoms with van der Waals surface area (Å²) in [6, 6.07) is 13.4. The standard InChI is InChI=1S/C32H40B2O3/c1-11-32(10)26-20-22(33-19-13-12-18-28(2,3)29(4,5)35-33)14-16-24(26)25-17-15-23(21-27(25)32)34-36-30(6,7)31(8,9)37-34/h11,14-17,20-21H,1,18-19H2,2-10H3. The topological polar surface area (TPSA) is 27.7 Å². The quantitative estimate of drug-likeness (QED) is 0.303. The second kappa shape index (κ2) is 8.37. The third-order valence-corrected chi connectivity index (χ3v) is 9.81. The third kappa shape index (κ3) is 4.04. The first-order chi connectivity index (χ1) is 17.1. The van der Waals surface area contributed by atoms with Crippen LogP contribution in [0.3, 0.4) is 0 Å². The number of allylic oxidation sites excluding steroid dienone is 1. The normalized spacial score (nSPS) is 26.4. The lowest BCUT2D eigenvalue weighted by Crippen LogP contribution is -2.49. The highest BCUT2D eigenvalue weighted by molar-refractivity contribution is 6.68. The van der Waals surface area contributed by atoms with E-state index in [1.165, 1.54) is 27.7 Å². The molecule has 3 aliphatic rings. The monoisotopic (exact) mass is 494 g/mol. The highest BCUT2D eigenvalue weighted by atomic mass is 16.7. The van der Waals surface area contributed by atoms with Crippen molar-refractivity contribution in [3.05, 3.63) is 60.2 Å². The van der Waals surface area contributed by atoms with Crippen LogP contribution >= 0.6 is 0 Å². The van der Waals surface area contributed by atoms with E-state index in [1.54, 1.807) is 0 Å². The summed E-state index contributed by atoms with van der Waals surface area (Å²) in [5.41, 5.74) is 5.78. The molecule has 2 aliphatic heterocycles. The number of hydrogen-bond donors (Lipinski definition) is 0. The highest BCUT2D eigenvalue weighted by Crippen LogP contribution is 2.49. The van der Waals surface area contributed by atoms with Crippen molar-refractivity contribution in [2.75, 3.05) is 0 Å². The second-order valence-corrected chi connectivity index (χ2v) is 13.3. The van der Waals surface area contributed by atoms with Gasteiger partial charge < -0.3 is 14.0 Å². The lowest BCUT2D eigenvalue weighted by Gasteiger charge is -2.43. The molecule has 2 heterocycles. The van der Waals surface area contributed by atoms with E-state index in [0.717, 1.165) is 11.9 Å². The molecule has 0 N–H and O–H groups in total. The van der Waals surface area contributed by atoms with Crippen molar-refractivity contribution < 1.29 is 14.0 Å². The van der Waals surface area contributed by atoms with Gasteiger partial charge in [-0.15, -0.1) is 18.4 Å². The van der Waals surface area contributed by atoms with Crippen LogP contribution in [0.2, 0.25) is 6.32 Å². The molecule has 1 unspecified atom stereocenters. The Balaban J connectivity index is 1.53. The molecule has 0 aromatic heterocycles. The van der Waals surface area contributed by atoms with Gasteiger partial charge in [-0.1, -0.05) is 56.3 Å². The van der Waals surface area contributed by atoms with Gasteiger partial charge in [0.25, 0.3) is 0 Å². The molecule has 1 saturated heterocycles. The largest absolute Gasteiger partial charge is 0.494 e. The third-order valence-electron chi connectivity index (χ3n) is 9.81. The first kappa shape index (κ1) is 26.4. The molecular formula is C32H40B2O3. The van der Waals surface area contributed by atoms with Crippen LogP contribution < -0.4 is 10.9 Å². The Morgan fingerprint density at radius 2 is 1.27 bits per heavy atom. The number of fused-ring (bicyclic) bond motifs is 3. The van der Waals surface area contributed by atoms with Crippen LogP contribution in [0.5, 0.6) is 0 Å². The van der Waals surface area contributed by atoms with Gasteiger partial charge in [0.05, 0.1) is 16.8 Å². The average molecular weight is 494 g/mol. The minimum absolute atomic E-state index is 0.0365. The van der Waals surface area contributed by atoms with Crippen molar-refractivity contribution in [2.45, 2.75) is 97.3 Å². The lowest BCUT2D eigenvalue weighted by atomic mass is 9.55. The van der Waals surface area contributed by atoms with Crippen molar-refractivity contribution in [3.63, 3.8) is 0 Å². The minimum atomic E-state index is -0.392. The predicted octanol–water partition coefficient (Wildman–Crippen LogP) is 5.89. The van der Waals surface area contributed by atoms with Crippen LogP contribution in [0.15, 0.2) is 49.1 Å². The van der Waals surface area contributed by atoms with Crippen LogP contribution in [-0.4, -0.2) is 30.8 Å². The van der Waals surface area contributed by atoms with Gasteiger partial charge in [0, 0.05) is 23.6 Å². The second-order valence-electron chi connectivity index (χ2n) is 13.3. The van der Waals surface area contributed by atoms with Gasteiger partial charge in [-0.25, -0.2) is 0 Å². The molecule has 3 nitrogen and oxygen atoms in total. The molecule has 1 fully saturated rings. The average Bonchev–Trinajstić information content (AvgIpc) is 3.20. The molecule has 5 heteroatoms. The molecule has 1 aliphatic carbocycles. The van der Waals surface area contributed by atoms with E-state index in [2.05, 4.69) is 123 Å². The Labute approximate surface area is 224 Å². The predicted molar refractivity (Wildman–Crippen MR) is 156 cm³/mol. The molecule has 5 rings (SSSR count). The van der Waals surface area contributed by atoms with E-state index in [1.807, 2.05) is 0 Å². The van der Waals surface area contributed by atoms with E-state index < -0.39 is 7.12 Å². The van der Waals surface area contributed by atoms with Crippen molar-refractivity contribution in [1.29, 1.82) is 0 Å². The fourth-order valence-corrected chi connectivity index (χ4v) is 5.55. The molecule has 37 heavy (non-hydrogen) atoms. The SMILES string of the molecule is C=CC1(C)c2cc(B3CC#CCC(C)(C)C(C)(C)O3)ccc2-c2ccc(B3OC(C)(C)C(C)(C)O3)cc21. The molecular weight excluding hydrogens is 454 g/mol. The fourth-order valence-electron chi connectivity index (χ4n) is 5.55. The zero-order valence-corrected chi connectivity index (χ0v) is 24.0. The van der Waals surface area contributed by atoms with Gasteiger partial charge in [-0.05, 0) is 81.6 Å². The van der Waals surface area contributed by atoms with E-state index in [9.17, 15) is 0 Å². The van der Waals surface area contributed by atoms with Crippen LogP contribution in [0, 0.1) is 17.3 Å². The van der Waals surface area contributed by atoms with E-state index in [4.69, 9.17) is 14.0 Å². The van der Waals surface area contributed by atoms with E-state index in [0.29, 0.717) is 6.32 Å². The van der Waals surface area contributed by atoms with Crippen LogP contribution in [0.4, 0.5) is 0 Å². The minimum Gasteiger partial charge on any atom is -0.425 e. The van der Waals surface area contributed by atoms with E-state index >= 15 is 0 Å². The van der Waals surface area contributed by atoms with Gasteiger partial charge in [-0.3, -0.25) is 0 Å². The maximum Gasteiger partial charge on any atom is 0.494 e. The summed E-state index contributed by atoms with van der Waals surface area (Å²) in [4.78, 5) is 0. The summed E-state index contributed by atoms with van der Waals surface area (Å²) < 4.78 is 19.5. The van der Waals surface area contributed by atoms with Gasteiger partial charge in [-0.2, -0.15) is 0 Å². The maximum atomic E-state index is 6.78. The zero-order chi connectivity index (χ0) is 27.0. The maximum absolute atomic E-state index is 6.78. The van der Waals surface area contributed by atoms with Gasteiger partial charge >= 0.3 is 14.0 Å². The van der Waals surface area contributed by atoms with Crippen LogP contribution in [0.25, 0.3) is 11.1 Å². The summed E-state index contributed by atoms with van der Waals surface area (Å²) in [6.07, 6.45) is 3.61. The molecule has 1 atom stereocenters. The molecule has 0 spiro atoms. The van der Waals surface area contributed by atoms with E-state index in [-0.39, 0.29) is 34.5 Å². The lowest BCUT2D eigenvalue weighted by molar-refractivity contribution is -0.00939. The van der Waals surface area contributed by atoms with Crippen molar-refractivity contribution in [1.82, 2.24) is 0 Å². The highest BCUT2D eigenvalue weighted by Gasteiger charge is 2.52. The van der Waals surface area contributed by atoms with Crippen LogP contribution in [-0.2, 0) is 19.4 Å². The summed E-state index contributed by atoms with van der Waals surface area (Å²) in [5.74, 6) is 6.78. The number of rotatable bonds is 3. The Morgan fingerprint density at radius 1 is 0.730 bits per heavy atom. The zero-order valence-electron chi connectivity index (χ0n) is 24.0. The summed E-state index contributed by atoms with van der Waals surface area (Å²) in [7, 11) is -0.392. The molecule has 192 valence electrons. The smallest absolute Gasteiger partial charge is 0.425 e. The summed E-state index contributed by atoms with van der Waals surface area (Å²) in [5, 5.41) is 0. The molecule has 0 bridgehead atoms. The molecule has 0 saturated carbocycles.